The van der Waals surface area contributed by atoms with E-state index in [1.54, 1.807) is 0 Å². The van der Waals surface area contributed by atoms with Gasteiger partial charge in [0.25, 0.3) is 0 Å². The maximum absolute atomic E-state index is 12.1. The van der Waals surface area contributed by atoms with E-state index in [2.05, 4.69) is 45.0 Å². The molecule has 0 heterocycles. The molecule has 1 aliphatic rings. The Hall–Kier alpha value is -1.51. The van der Waals surface area contributed by atoms with Crippen molar-refractivity contribution in [1.82, 2.24) is 0 Å². The number of ether oxygens (including phenoxy) is 2. The summed E-state index contributed by atoms with van der Waals surface area (Å²) in [5, 5.41) is 0. The van der Waals surface area contributed by atoms with E-state index in [4.69, 9.17) is 9.47 Å². The van der Waals surface area contributed by atoms with Crippen LogP contribution in [0.5, 0.6) is 5.75 Å². The molecule has 3 atom stereocenters. The molecule has 3 nitrogen and oxygen atoms in total. The minimum Gasteiger partial charge on any atom is -0.491 e. The zero-order valence-electron chi connectivity index (χ0n) is 16.1. The molecule has 3 heteroatoms. The Morgan fingerprint density at radius 1 is 1.12 bits per heavy atom. The Bertz CT molecular complexity index is 509. The highest BCUT2D eigenvalue weighted by Gasteiger charge is 2.29. The molecular formula is C22H34O3. The highest BCUT2D eigenvalue weighted by molar-refractivity contribution is 5.69. The number of rotatable bonds is 9. The monoisotopic (exact) mass is 346 g/mol. The van der Waals surface area contributed by atoms with Gasteiger partial charge >= 0.3 is 5.97 Å². The van der Waals surface area contributed by atoms with Crippen molar-refractivity contribution in [2.24, 2.45) is 0 Å². The van der Waals surface area contributed by atoms with E-state index in [1.807, 2.05) is 0 Å². The standard InChI is InChI=1S/C22H34O3/c1-4-6-7-12-22(23)25-21-11-9-8-10-20(21)18-13-15-19(16-14-18)24-17(3)5-2/h13-17,20-21H,4-12H2,1-3H3. The quantitative estimate of drug-likeness (QED) is 0.405. The van der Waals surface area contributed by atoms with Gasteiger partial charge in [0.2, 0.25) is 0 Å². The topological polar surface area (TPSA) is 35.5 Å². The summed E-state index contributed by atoms with van der Waals surface area (Å²) in [6.45, 7) is 6.36. The molecule has 3 unspecified atom stereocenters. The molecule has 1 aliphatic carbocycles. The second-order valence-electron chi connectivity index (χ2n) is 7.28. The maximum atomic E-state index is 12.1. The van der Waals surface area contributed by atoms with Gasteiger partial charge in [0, 0.05) is 12.3 Å². The fourth-order valence-electron chi connectivity index (χ4n) is 3.48. The van der Waals surface area contributed by atoms with Gasteiger partial charge in [-0.2, -0.15) is 0 Å². The van der Waals surface area contributed by atoms with Crippen molar-refractivity contribution in [3.8, 4) is 5.75 Å². The number of hydrogen-bond acceptors (Lipinski definition) is 3. The average molecular weight is 347 g/mol. The third kappa shape index (κ3) is 6.37. The Balaban J connectivity index is 1.96. The molecule has 0 bridgehead atoms. The molecule has 2 rings (SSSR count). The molecule has 0 spiro atoms. The van der Waals surface area contributed by atoms with Gasteiger partial charge in [-0.1, -0.05) is 45.2 Å². The lowest BCUT2D eigenvalue weighted by molar-refractivity contribution is -0.151. The Labute approximate surface area is 153 Å². The number of benzene rings is 1. The number of esters is 1. The fraction of sp³-hybridized carbons (Fsp3) is 0.682. The second kappa shape index (κ2) is 10.5. The third-order valence-electron chi connectivity index (χ3n) is 5.19. The van der Waals surface area contributed by atoms with Crippen LogP contribution in [0.25, 0.3) is 0 Å². The summed E-state index contributed by atoms with van der Waals surface area (Å²) < 4.78 is 11.7. The first-order chi connectivity index (χ1) is 12.1. The maximum Gasteiger partial charge on any atom is 0.306 e. The largest absolute Gasteiger partial charge is 0.491 e. The first-order valence-corrected chi connectivity index (χ1v) is 10.1. The van der Waals surface area contributed by atoms with Crippen molar-refractivity contribution < 1.29 is 14.3 Å². The fourth-order valence-corrected chi connectivity index (χ4v) is 3.48. The van der Waals surface area contributed by atoms with Crippen LogP contribution >= 0.6 is 0 Å². The molecule has 0 aromatic heterocycles. The summed E-state index contributed by atoms with van der Waals surface area (Å²) in [7, 11) is 0. The van der Waals surface area contributed by atoms with Crippen LogP contribution in [0, 0.1) is 0 Å². The average Bonchev–Trinajstić information content (AvgIpc) is 2.63. The molecule has 0 saturated heterocycles. The predicted molar refractivity (Wildman–Crippen MR) is 102 cm³/mol. The van der Waals surface area contributed by atoms with Gasteiger partial charge in [-0.05, 0) is 56.7 Å². The lowest BCUT2D eigenvalue weighted by Crippen LogP contribution is -2.28. The minimum absolute atomic E-state index is 0.0259. The molecule has 140 valence electrons. The van der Waals surface area contributed by atoms with Crippen molar-refractivity contribution >= 4 is 5.97 Å². The summed E-state index contributed by atoms with van der Waals surface area (Å²) in [6.07, 6.45) is 9.42. The van der Waals surface area contributed by atoms with Gasteiger partial charge in [0.1, 0.15) is 11.9 Å². The van der Waals surface area contributed by atoms with Crippen molar-refractivity contribution in [3.63, 3.8) is 0 Å². The van der Waals surface area contributed by atoms with E-state index >= 15 is 0 Å². The van der Waals surface area contributed by atoms with E-state index in [9.17, 15) is 4.79 Å². The van der Waals surface area contributed by atoms with Gasteiger partial charge in [-0.25, -0.2) is 0 Å². The zero-order valence-corrected chi connectivity index (χ0v) is 16.1. The first kappa shape index (κ1) is 19.8. The van der Waals surface area contributed by atoms with Crippen molar-refractivity contribution in [3.05, 3.63) is 29.8 Å². The number of carbonyl (C=O) groups excluding carboxylic acids is 1. The van der Waals surface area contributed by atoms with Crippen LogP contribution in [0.15, 0.2) is 24.3 Å². The number of unbranched alkanes of at least 4 members (excludes halogenated alkanes) is 2. The smallest absolute Gasteiger partial charge is 0.306 e. The summed E-state index contributed by atoms with van der Waals surface area (Å²) in [6, 6.07) is 8.39. The minimum atomic E-state index is -0.0259. The molecule has 1 saturated carbocycles. The highest BCUT2D eigenvalue weighted by Crippen LogP contribution is 2.36. The number of carbonyl (C=O) groups is 1. The van der Waals surface area contributed by atoms with Crippen molar-refractivity contribution in [2.45, 2.75) is 96.7 Å². The lowest BCUT2D eigenvalue weighted by Gasteiger charge is -2.31. The van der Waals surface area contributed by atoms with Gasteiger partial charge in [-0.15, -0.1) is 0 Å². The molecular weight excluding hydrogens is 312 g/mol. The van der Waals surface area contributed by atoms with E-state index in [0.717, 1.165) is 50.7 Å². The Kier molecular flexibility index (Phi) is 8.30. The summed E-state index contributed by atoms with van der Waals surface area (Å²) >= 11 is 0. The van der Waals surface area contributed by atoms with Crippen LogP contribution in [-0.4, -0.2) is 18.2 Å². The third-order valence-corrected chi connectivity index (χ3v) is 5.19. The van der Waals surface area contributed by atoms with Gasteiger partial charge in [0.15, 0.2) is 0 Å². The van der Waals surface area contributed by atoms with Crippen LogP contribution in [-0.2, 0) is 9.53 Å². The van der Waals surface area contributed by atoms with Crippen LogP contribution in [0.3, 0.4) is 0 Å². The van der Waals surface area contributed by atoms with E-state index < -0.39 is 0 Å². The van der Waals surface area contributed by atoms with Gasteiger partial charge in [-0.3, -0.25) is 4.79 Å². The van der Waals surface area contributed by atoms with E-state index in [0.29, 0.717) is 12.3 Å². The Morgan fingerprint density at radius 3 is 2.52 bits per heavy atom. The molecule has 0 amide bonds. The molecule has 1 aromatic carbocycles. The van der Waals surface area contributed by atoms with Crippen LogP contribution in [0.2, 0.25) is 0 Å². The lowest BCUT2D eigenvalue weighted by atomic mass is 9.81. The second-order valence-corrected chi connectivity index (χ2v) is 7.28. The predicted octanol–water partition coefficient (Wildman–Crippen LogP) is 6.01. The van der Waals surface area contributed by atoms with Crippen LogP contribution in [0.4, 0.5) is 0 Å². The normalized spacial score (nSPS) is 21.6. The van der Waals surface area contributed by atoms with Gasteiger partial charge < -0.3 is 9.47 Å². The van der Waals surface area contributed by atoms with Crippen LogP contribution in [0.1, 0.15) is 90.0 Å². The summed E-state index contributed by atoms with van der Waals surface area (Å²) in [5.74, 6) is 1.21. The molecule has 25 heavy (non-hydrogen) atoms. The molecule has 1 aromatic rings. The van der Waals surface area contributed by atoms with Crippen LogP contribution < -0.4 is 4.74 Å². The molecule has 0 N–H and O–H groups in total. The van der Waals surface area contributed by atoms with Gasteiger partial charge in [0.05, 0.1) is 6.10 Å². The summed E-state index contributed by atoms with van der Waals surface area (Å²) in [5.41, 5.74) is 1.27. The van der Waals surface area contributed by atoms with Crippen molar-refractivity contribution in [2.75, 3.05) is 0 Å². The SMILES string of the molecule is CCCCCC(=O)OC1CCCCC1c1ccc(OC(C)CC)cc1. The highest BCUT2D eigenvalue weighted by atomic mass is 16.5. The van der Waals surface area contributed by atoms with Crippen molar-refractivity contribution in [1.29, 1.82) is 0 Å². The number of hydrogen-bond donors (Lipinski definition) is 0. The molecule has 0 radical (unpaired) electrons. The molecule has 0 aliphatic heterocycles. The van der Waals surface area contributed by atoms with E-state index in [1.165, 1.54) is 12.0 Å². The molecule has 1 fully saturated rings. The summed E-state index contributed by atoms with van der Waals surface area (Å²) in [4.78, 5) is 12.1. The zero-order chi connectivity index (χ0) is 18.1. The Morgan fingerprint density at radius 2 is 1.84 bits per heavy atom. The van der Waals surface area contributed by atoms with E-state index in [-0.39, 0.29) is 18.2 Å². The first-order valence-electron chi connectivity index (χ1n) is 10.1.